The number of nitrogens with one attached hydrogen (secondary N) is 2. The number of hydrogen-bond acceptors (Lipinski definition) is 6. The third kappa shape index (κ3) is 5.33. The normalized spacial score (nSPS) is 14.2. The Morgan fingerprint density at radius 3 is 2.54 bits per heavy atom. The minimum atomic E-state index is -0.757. The van der Waals surface area contributed by atoms with Crippen LogP contribution in [0, 0.1) is 11.6 Å². The molecule has 1 aliphatic heterocycles. The van der Waals surface area contributed by atoms with Crippen molar-refractivity contribution in [3.05, 3.63) is 89.9 Å². The molecular formula is C25H23F2N7O. The average molecular weight is 476 g/mol. The summed E-state index contributed by atoms with van der Waals surface area (Å²) in [6, 6.07) is 16.7. The predicted octanol–water partition coefficient (Wildman–Crippen LogP) is 3.72. The van der Waals surface area contributed by atoms with Crippen LogP contribution in [-0.2, 0) is 6.54 Å². The molecule has 0 saturated carbocycles. The van der Waals surface area contributed by atoms with Crippen molar-refractivity contribution in [1.29, 1.82) is 0 Å². The molecule has 0 bridgehead atoms. The number of piperazine rings is 1. The van der Waals surface area contributed by atoms with Gasteiger partial charge in [0.25, 0.3) is 5.91 Å². The molecular weight excluding hydrogens is 452 g/mol. The fourth-order valence-corrected chi connectivity index (χ4v) is 4.02. The second-order valence-electron chi connectivity index (χ2n) is 8.26. The number of amides is 1. The van der Waals surface area contributed by atoms with Crippen LogP contribution in [0.2, 0.25) is 0 Å². The maximum absolute atomic E-state index is 14.0. The number of rotatable bonds is 6. The Hall–Kier alpha value is -4.18. The van der Waals surface area contributed by atoms with Gasteiger partial charge in [0.2, 0.25) is 0 Å². The van der Waals surface area contributed by atoms with Gasteiger partial charge in [0.15, 0.2) is 0 Å². The van der Waals surface area contributed by atoms with Crippen molar-refractivity contribution in [2.24, 2.45) is 0 Å². The molecule has 3 heterocycles. The second kappa shape index (κ2) is 9.98. The van der Waals surface area contributed by atoms with Crippen LogP contribution in [0.3, 0.4) is 0 Å². The molecule has 0 atom stereocenters. The number of hydrogen-bond donors (Lipinski definition) is 2. The van der Waals surface area contributed by atoms with Gasteiger partial charge in [0.1, 0.15) is 35.3 Å². The van der Waals surface area contributed by atoms with Gasteiger partial charge in [0.05, 0.1) is 5.69 Å². The van der Waals surface area contributed by atoms with E-state index in [1.807, 2.05) is 18.2 Å². The van der Waals surface area contributed by atoms with E-state index in [-0.39, 0.29) is 17.0 Å². The third-order valence-electron chi connectivity index (χ3n) is 5.87. The molecule has 2 N–H and O–H groups in total. The van der Waals surface area contributed by atoms with E-state index in [4.69, 9.17) is 0 Å². The van der Waals surface area contributed by atoms with E-state index in [9.17, 15) is 13.6 Å². The molecule has 5 rings (SSSR count). The summed E-state index contributed by atoms with van der Waals surface area (Å²) >= 11 is 0. The van der Waals surface area contributed by atoms with Crippen LogP contribution < -0.4 is 10.2 Å². The Morgan fingerprint density at radius 2 is 1.77 bits per heavy atom. The highest BCUT2D eigenvalue weighted by atomic mass is 19.1. The largest absolute Gasteiger partial charge is 0.354 e. The van der Waals surface area contributed by atoms with Gasteiger partial charge in [-0.05, 0) is 23.8 Å². The minimum Gasteiger partial charge on any atom is -0.354 e. The lowest BCUT2D eigenvalue weighted by Gasteiger charge is -2.35. The number of carbonyl (C=O) groups excluding carboxylic acids is 1. The Bertz CT molecular complexity index is 1320. The van der Waals surface area contributed by atoms with Crippen molar-refractivity contribution in [3.63, 3.8) is 0 Å². The topological polar surface area (TPSA) is 90.0 Å². The number of carbonyl (C=O) groups is 1. The zero-order chi connectivity index (χ0) is 24.2. The first-order chi connectivity index (χ1) is 17.0. The van der Waals surface area contributed by atoms with Crippen molar-refractivity contribution in [1.82, 2.24) is 25.1 Å². The molecule has 1 saturated heterocycles. The zero-order valence-electron chi connectivity index (χ0n) is 18.8. The first kappa shape index (κ1) is 22.6. The van der Waals surface area contributed by atoms with Crippen LogP contribution in [0.5, 0.6) is 0 Å². The molecule has 0 unspecified atom stereocenters. The van der Waals surface area contributed by atoms with Gasteiger partial charge in [-0.25, -0.2) is 18.7 Å². The van der Waals surface area contributed by atoms with E-state index in [1.54, 1.807) is 6.07 Å². The fraction of sp³-hybridized carbons (Fsp3) is 0.200. The Morgan fingerprint density at radius 1 is 0.971 bits per heavy atom. The van der Waals surface area contributed by atoms with Gasteiger partial charge in [-0.2, -0.15) is 5.10 Å². The molecule has 8 nitrogen and oxygen atoms in total. The second-order valence-corrected chi connectivity index (χ2v) is 8.26. The molecule has 178 valence electrons. The Labute approximate surface area is 200 Å². The maximum Gasteiger partial charge on any atom is 0.274 e. The van der Waals surface area contributed by atoms with Gasteiger partial charge in [-0.1, -0.05) is 30.3 Å². The van der Waals surface area contributed by atoms with Crippen molar-refractivity contribution in [2.45, 2.75) is 6.54 Å². The SMILES string of the molecule is O=C(Nc1cc(N2CCN(Cc3ccccc3)CC2)ncn1)c1cc(-c2ccc(F)cc2F)n[nH]1. The molecule has 0 radical (unpaired) electrons. The molecule has 1 aliphatic rings. The first-order valence-electron chi connectivity index (χ1n) is 11.2. The maximum atomic E-state index is 14.0. The van der Waals surface area contributed by atoms with E-state index >= 15 is 0 Å². The molecule has 10 heteroatoms. The number of nitrogens with zero attached hydrogens (tertiary/aromatic N) is 5. The Kier molecular flexibility index (Phi) is 6.44. The molecule has 1 fully saturated rings. The number of halogens is 2. The smallest absolute Gasteiger partial charge is 0.274 e. The average Bonchev–Trinajstić information content (AvgIpc) is 3.36. The highest BCUT2D eigenvalue weighted by Gasteiger charge is 2.20. The van der Waals surface area contributed by atoms with Crippen LogP contribution in [0.15, 0.2) is 67.0 Å². The van der Waals surface area contributed by atoms with E-state index in [1.165, 1.54) is 24.0 Å². The lowest BCUT2D eigenvalue weighted by atomic mass is 10.1. The number of H-pyrrole nitrogens is 1. The first-order valence-corrected chi connectivity index (χ1v) is 11.2. The molecule has 0 spiro atoms. The number of benzene rings is 2. The molecule has 2 aromatic carbocycles. The van der Waals surface area contributed by atoms with E-state index in [0.717, 1.165) is 50.7 Å². The summed E-state index contributed by atoms with van der Waals surface area (Å²) in [4.78, 5) is 25.7. The van der Waals surface area contributed by atoms with Gasteiger partial charge >= 0.3 is 0 Å². The quantitative estimate of drug-likeness (QED) is 0.442. The zero-order valence-corrected chi connectivity index (χ0v) is 18.8. The van der Waals surface area contributed by atoms with Crippen LogP contribution in [0.4, 0.5) is 20.4 Å². The van der Waals surface area contributed by atoms with Crippen LogP contribution in [0.25, 0.3) is 11.3 Å². The molecule has 1 amide bonds. The lowest BCUT2D eigenvalue weighted by molar-refractivity contribution is 0.102. The summed E-state index contributed by atoms with van der Waals surface area (Å²) in [5, 5.41) is 9.28. The van der Waals surface area contributed by atoms with Crippen molar-refractivity contribution < 1.29 is 13.6 Å². The Balaban J connectivity index is 1.21. The highest BCUT2D eigenvalue weighted by molar-refractivity contribution is 6.03. The van der Waals surface area contributed by atoms with E-state index < -0.39 is 17.5 Å². The number of anilines is 2. The van der Waals surface area contributed by atoms with Crippen LogP contribution in [-0.4, -0.2) is 57.2 Å². The van der Waals surface area contributed by atoms with Gasteiger partial charge in [0, 0.05) is 50.4 Å². The van der Waals surface area contributed by atoms with Crippen molar-refractivity contribution in [2.75, 3.05) is 36.4 Å². The standard InChI is InChI=1S/C25H23F2N7O/c26-18-6-7-19(20(27)12-18)21-13-22(32-31-21)25(35)30-23-14-24(29-16-28-23)34-10-8-33(9-11-34)15-17-4-2-1-3-5-17/h1-7,12-14,16H,8-11,15H2,(H,31,32)(H,28,29,30,35). The fourth-order valence-electron chi connectivity index (χ4n) is 4.02. The van der Waals surface area contributed by atoms with Crippen molar-refractivity contribution >= 4 is 17.5 Å². The summed E-state index contributed by atoms with van der Waals surface area (Å²) in [6.45, 7) is 4.33. The molecule has 2 aromatic heterocycles. The summed E-state index contributed by atoms with van der Waals surface area (Å²) in [5.74, 6) is -0.850. The van der Waals surface area contributed by atoms with E-state index in [0.29, 0.717) is 5.82 Å². The van der Waals surface area contributed by atoms with E-state index in [2.05, 4.69) is 47.4 Å². The summed E-state index contributed by atoms with van der Waals surface area (Å²) < 4.78 is 27.2. The van der Waals surface area contributed by atoms with Gasteiger partial charge in [-0.3, -0.25) is 14.8 Å². The summed E-state index contributed by atoms with van der Waals surface area (Å²) in [5.41, 5.74) is 1.71. The minimum absolute atomic E-state index is 0.0948. The van der Waals surface area contributed by atoms with Gasteiger partial charge < -0.3 is 10.2 Å². The monoisotopic (exact) mass is 475 g/mol. The lowest BCUT2D eigenvalue weighted by Crippen LogP contribution is -2.46. The number of aromatic amines is 1. The number of aromatic nitrogens is 4. The van der Waals surface area contributed by atoms with Gasteiger partial charge in [-0.15, -0.1) is 0 Å². The highest BCUT2D eigenvalue weighted by Crippen LogP contribution is 2.23. The third-order valence-corrected chi connectivity index (χ3v) is 5.87. The summed E-state index contributed by atoms with van der Waals surface area (Å²) in [6.07, 6.45) is 1.41. The summed E-state index contributed by atoms with van der Waals surface area (Å²) in [7, 11) is 0. The molecule has 35 heavy (non-hydrogen) atoms. The van der Waals surface area contributed by atoms with Crippen molar-refractivity contribution in [3.8, 4) is 11.3 Å². The molecule has 4 aromatic rings. The van der Waals surface area contributed by atoms with Crippen LogP contribution in [0.1, 0.15) is 16.1 Å². The predicted molar refractivity (Wildman–Crippen MR) is 128 cm³/mol. The molecule has 0 aliphatic carbocycles. The van der Waals surface area contributed by atoms with Crippen LogP contribution >= 0.6 is 0 Å².